The molecular weight excluding hydrogens is 256 g/mol. The number of carbonyl (C=O) groups is 1. The maximum absolute atomic E-state index is 11.7. The molecule has 1 atom stereocenters. The first kappa shape index (κ1) is 14.0. The fourth-order valence-electron chi connectivity index (χ4n) is 1.57. The van der Waals surface area contributed by atoms with Crippen LogP contribution in [-0.4, -0.2) is 28.4 Å². The van der Waals surface area contributed by atoms with Crippen molar-refractivity contribution < 1.29 is 14.3 Å². The van der Waals surface area contributed by atoms with Crippen LogP contribution in [0.2, 0.25) is 0 Å². The van der Waals surface area contributed by atoms with Crippen molar-refractivity contribution in [1.29, 1.82) is 0 Å². The van der Waals surface area contributed by atoms with Crippen LogP contribution in [0.3, 0.4) is 0 Å². The maximum Gasteiger partial charge on any atom is 0.419 e. The number of imidazole rings is 1. The number of aromatic nitrogens is 2. The van der Waals surface area contributed by atoms with Crippen LogP contribution in [-0.2, 0) is 16.1 Å². The van der Waals surface area contributed by atoms with Gasteiger partial charge in [0.15, 0.2) is 0 Å². The van der Waals surface area contributed by atoms with Crippen LogP contribution < -0.4 is 0 Å². The van der Waals surface area contributed by atoms with Crippen molar-refractivity contribution in [3.8, 4) is 0 Å². The lowest BCUT2D eigenvalue weighted by atomic mass is 10.2. The van der Waals surface area contributed by atoms with Crippen molar-refractivity contribution in [3.05, 3.63) is 67.3 Å². The predicted molar refractivity (Wildman–Crippen MR) is 74.2 cm³/mol. The topological polar surface area (TPSA) is 53.4 Å². The summed E-state index contributed by atoms with van der Waals surface area (Å²) in [5, 5.41) is 0. The molecule has 0 spiro atoms. The molecule has 5 heteroatoms. The number of rotatable bonds is 6. The Labute approximate surface area is 117 Å². The molecule has 20 heavy (non-hydrogen) atoms. The van der Waals surface area contributed by atoms with Gasteiger partial charge in [-0.15, -0.1) is 0 Å². The molecule has 1 heterocycles. The van der Waals surface area contributed by atoms with Crippen LogP contribution in [0.4, 0.5) is 4.79 Å². The molecule has 2 rings (SSSR count). The van der Waals surface area contributed by atoms with Gasteiger partial charge in [-0.25, -0.2) is 14.3 Å². The van der Waals surface area contributed by atoms with Crippen molar-refractivity contribution >= 4 is 6.09 Å². The van der Waals surface area contributed by atoms with Gasteiger partial charge in [-0.05, 0) is 11.6 Å². The van der Waals surface area contributed by atoms with Crippen LogP contribution in [0.1, 0.15) is 5.56 Å². The highest BCUT2D eigenvalue weighted by atomic mass is 16.6. The minimum atomic E-state index is -0.504. The SMILES string of the molecule is C=CC(COCc1ccccc1)OC(=O)n1ccnc1. The van der Waals surface area contributed by atoms with Crippen LogP contribution >= 0.6 is 0 Å². The molecule has 0 aliphatic heterocycles. The van der Waals surface area contributed by atoms with E-state index in [2.05, 4.69) is 11.6 Å². The molecule has 0 saturated heterocycles. The number of nitrogens with zero attached hydrogens (tertiary/aromatic N) is 2. The largest absolute Gasteiger partial charge is 0.439 e. The van der Waals surface area contributed by atoms with Gasteiger partial charge < -0.3 is 9.47 Å². The Morgan fingerprint density at radius 3 is 2.85 bits per heavy atom. The first-order valence-corrected chi connectivity index (χ1v) is 6.23. The summed E-state index contributed by atoms with van der Waals surface area (Å²) >= 11 is 0. The molecule has 1 unspecified atom stereocenters. The molecule has 1 aromatic heterocycles. The fraction of sp³-hybridized carbons (Fsp3) is 0.200. The van der Waals surface area contributed by atoms with Crippen LogP contribution in [0.5, 0.6) is 0 Å². The highest BCUT2D eigenvalue weighted by Crippen LogP contribution is 2.04. The monoisotopic (exact) mass is 272 g/mol. The zero-order valence-electron chi connectivity index (χ0n) is 11.0. The number of hydrogen-bond donors (Lipinski definition) is 0. The summed E-state index contributed by atoms with van der Waals surface area (Å²) in [4.78, 5) is 15.5. The van der Waals surface area contributed by atoms with Gasteiger partial charge in [0.25, 0.3) is 0 Å². The zero-order valence-corrected chi connectivity index (χ0v) is 11.0. The van der Waals surface area contributed by atoms with Gasteiger partial charge in [-0.1, -0.05) is 36.9 Å². The van der Waals surface area contributed by atoms with E-state index in [4.69, 9.17) is 9.47 Å². The molecule has 0 fully saturated rings. The number of benzene rings is 1. The van der Waals surface area contributed by atoms with E-state index in [0.717, 1.165) is 5.56 Å². The highest BCUT2D eigenvalue weighted by Gasteiger charge is 2.12. The van der Waals surface area contributed by atoms with E-state index in [1.807, 2.05) is 30.3 Å². The predicted octanol–water partition coefficient (Wildman–Crippen LogP) is 2.64. The summed E-state index contributed by atoms with van der Waals surface area (Å²) in [5.41, 5.74) is 1.07. The van der Waals surface area contributed by atoms with Crippen molar-refractivity contribution in [2.45, 2.75) is 12.7 Å². The van der Waals surface area contributed by atoms with Gasteiger partial charge in [0.1, 0.15) is 12.4 Å². The van der Waals surface area contributed by atoms with Crippen molar-refractivity contribution in [2.75, 3.05) is 6.61 Å². The smallest absolute Gasteiger partial charge is 0.419 e. The van der Waals surface area contributed by atoms with Crippen LogP contribution in [0.15, 0.2) is 61.7 Å². The maximum atomic E-state index is 11.7. The van der Waals surface area contributed by atoms with Gasteiger partial charge in [0, 0.05) is 12.4 Å². The highest BCUT2D eigenvalue weighted by molar-refractivity contribution is 5.70. The molecule has 1 aromatic carbocycles. The average Bonchev–Trinajstić information content (AvgIpc) is 3.01. The minimum absolute atomic E-state index is 0.263. The molecule has 0 bridgehead atoms. The Morgan fingerprint density at radius 1 is 1.40 bits per heavy atom. The Bertz CT molecular complexity index is 538. The van der Waals surface area contributed by atoms with Crippen LogP contribution in [0, 0.1) is 0 Å². The zero-order chi connectivity index (χ0) is 14.2. The Kier molecular flexibility index (Phi) is 5.08. The van der Waals surface area contributed by atoms with E-state index in [1.165, 1.54) is 23.3 Å². The third-order valence-electron chi connectivity index (χ3n) is 2.62. The molecule has 104 valence electrons. The second kappa shape index (κ2) is 7.25. The first-order chi connectivity index (χ1) is 9.79. The molecule has 5 nitrogen and oxygen atoms in total. The first-order valence-electron chi connectivity index (χ1n) is 6.23. The van der Waals surface area contributed by atoms with E-state index in [-0.39, 0.29) is 6.61 Å². The molecule has 0 N–H and O–H groups in total. The van der Waals surface area contributed by atoms with Gasteiger partial charge in [-0.2, -0.15) is 0 Å². The Balaban J connectivity index is 1.78. The molecule has 0 amide bonds. The third-order valence-corrected chi connectivity index (χ3v) is 2.62. The fourth-order valence-corrected chi connectivity index (χ4v) is 1.57. The summed E-state index contributed by atoms with van der Waals surface area (Å²) in [6, 6.07) is 9.79. The molecule has 0 aliphatic rings. The molecule has 0 aliphatic carbocycles. The summed E-state index contributed by atoms with van der Waals surface area (Å²) in [7, 11) is 0. The minimum Gasteiger partial charge on any atom is -0.439 e. The van der Waals surface area contributed by atoms with E-state index >= 15 is 0 Å². The summed E-state index contributed by atoms with van der Waals surface area (Å²) in [6.07, 6.45) is 4.96. The molecule has 0 radical (unpaired) electrons. The van der Waals surface area contributed by atoms with E-state index in [9.17, 15) is 4.79 Å². The lowest BCUT2D eigenvalue weighted by Crippen LogP contribution is -2.24. The van der Waals surface area contributed by atoms with E-state index < -0.39 is 12.2 Å². The van der Waals surface area contributed by atoms with Gasteiger partial charge in [0.05, 0.1) is 13.2 Å². The number of ether oxygens (including phenoxy) is 2. The normalized spacial score (nSPS) is 11.8. The summed E-state index contributed by atoms with van der Waals surface area (Å²) in [6.45, 7) is 4.37. The molecular formula is C15H16N2O3. The third kappa shape index (κ3) is 4.07. The standard InChI is InChI=1S/C15H16N2O3/c1-2-14(20-15(18)17-9-8-16-12-17)11-19-10-13-6-4-3-5-7-13/h2-9,12,14H,1,10-11H2. The van der Waals surface area contributed by atoms with Gasteiger partial charge in [-0.3, -0.25) is 0 Å². The summed E-state index contributed by atoms with van der Waals surface area (Å²) < 4.78 is 12.0. The average molecular weight is 272 g/mol. The molecule has 2 aromatic rings. The second-order valence-corrected chi connectivity index (χ2v) is 4.13. The van der Waals surface area contributed by atoms with Gasteiger partial charge >= 0.3 is 6.09 Å². The number of carbonyl (C=O) groups excluding carboxylic acids is 1. The summed E-state index contributed by atoms with van der Waals surface area (Å²) in [5.74, 6) is 0. The Hall–Kier alpha value is -2.40. The number of hydrogen-bond acceptors (Lipinski definition) is 4. The van der Waals surface area contributed by atoms with E-state index in [1.54, 1.807) is 6.08 Å². The van der Waals surface area contributed by atoms with Crippen molar-refractivity contribution in [1.82, 2.24) is 9.55 Å². The van der Waals surface area contributed by atoms with Crippen molar-refractivity contribution in [3.63, 3.8) is 0 Å². The van der Waals surface area contributed by atoms with Crippen LogP contribution in [0.25, 0.3) is 0 Å². The lowest BCUT2D eigenvalue weighted by molar-refractivity contribution is 0.0346. The quantitative estimate of drug-likeness (QED) is 0.759. The van der Waals surface area contributed by atoms with Crippen molar-refractivity contribution in [2.24, 2.45) is 0 Å². The Morgan fingerprint density at radius 2 is 2.20 bits per heavy atom. The molecule has 0 saturated carbocycles. The van der Waals surface area contributed by atoms with E-state index in [0.29, 0.717) is 6.61 Å². The second-order valence-electron chi connectivity index (χ2n) is 4.13. The van der Waals surface area contributed by atoms with Gasteiger partial charge in [0.2, 0.25) is 0 Å². The lowest BCUT2D eigenvalue weighted by Gasteiger charge is -2.14.